The van der Waals surface area contributed by atoms with Crippen LogP contribution < -0.4 is 5.32 Å². The topological polar surface area (TPSA) is 49.4 Å². The summed E-state index contributed by atoms with van der Waals surface area (Å²) in [6, 6.07) is 7.36. The predicted octanol–water partition coefficient (Wildman–Crippen LogP) is 2.30. The van der Waals surface area contributed by atoms with Crippen molar-refractivity contribution in [2.75, 3.05) is 32.4 Å². The maximum atomic E-state index is 11.5. The van der Waals surface area contributed by atoms with E-state index in [2.05, 4.69) is 10.2 Å². The molecule has 0 atom stereocenters. The molecule has 2 saturated heterocycles. The van der Waals surface area contributed by atoms with Crippen LogP contribution in [0.25, 0.3) is 0 Å². The van der Waals surface area contributed by atoms with Crippen molar-refractivity contribution in [3.8, 4) is 0 Å². The van der Waals surface area contributed by atoms with E-state index >= 15 is 0 Å². The molecule has 1 N–H and O–H groups in total. The van der Waals surface area contributed by atoms with E-state index < -0.39 is 9.84 Å². The van der Waals surface area contributed by atoms with Gasteiger partial charge in [0.25, 0.3) is 0 Å². The molecule has 0 radical (unpaired) electrons. The van der Waals surface area contributed by atoms with Gasteiger partial charge in [-0.05, 0) is 81.4 Å². The number of likely N-dealkylation sites (tertiary alicyclic amines) is 1. The van der Waals surface area contributed by atoms with E-state index in [1.54, 1.807) is 12.1 Å². The molecule has 0 unspecified atom stereocenters. The number of hydrogen-bond donors (Lipinski definition) is 1. The zero-order chi connectivity index (χ0) is 16.3. The summed E-state index contributed by atoms with van der Waals surface area (Å²) in [6.07, 6.45) is 6.57. The Morgan fingerprint density at radius 2 is 1.57 bits per heavy atom. The summed E-state index contributed by atoms with van der Waals surface area (Å²) in [5.74, 6) is 1.83. The van der Waals surface area contributed by atoms with Crippen LogP contribution >= 0.6 is 0 Å². The van der Waals surface area contributed by atoms with Gasteiger partial charge in [-0.15, -0.1) is 0 Å². The fourth-order valence-electron chi connectivity index (χ4n) is 4.00. The lowest BCUT2D eigenvalue weighted by atomic mass is 9.79. The van der Waals surface area contributed by atoms with Crippen LogP contribution in [-0.2, 0) is 16.4 Å². The summed E-state index contributed by atoms with van der Waals surface area (Å²) < 4.78 is 23.0. The molecular weight excluding hydrogens is 308 g/mol. The molecule has 0 saturated carbocycles. The second kappa shape index (κ2) is 7.32. The summed E-state index contributed by atoms with van der Waals surface area (Å²) in [6.45, 7) is 5.66. The highest BCUT2D eigenvalue weighted by Gasteiger charge is 2.27. The molecule has 5 heteroatoms. The first-order chi connectivity index (χ1) is 11.0. The van der Waals surface area contributed by atoms with Crippen molar-refractivity contribution >= 4 is 9.84 Å². The van der Waals surface area contributed by atoms with Crippen LogP contribution in [0.4, 0.5) is 0 Å². The number of benzene rings is 1. The van der Waals surface area contributed by atoms with Gasteiger partial charge in [-0.2, -0.15) is 0 Å². The van der Waals surface area contributed by atoms with Crippen molar-refractivity contribution in [1.82, 2.24) is 10.2 Å². The van der Waals surface area contributed by atoms with E-state index in [-0.39, 0.29) is 0 Å². The summed E-state index contributed by atoms with van der Waals surface area (Å²) >= 11 is 0. The molecule has 23 heavy (non-hydrogen) atoms. The normalized spacial score (nSPS) is 22.3. The van der Waals surface area contributed by atoms with E-state index in [1.165, 1.54) is 63.7 Å². The van der Waals surface area contributed by atoms with Crippen molar-refractivity contribution in [3.63, 3.8) is 0 Å². The van der Waals surface area contributed by atoms with Crippen LogP contribution in [0.1, 0.15) is 31.2 Å². The van der Waals surface area contributed by atoms with Crippen LogP contribution in [0.3, 0.4) is 0 Å². The lowest BCUT2D eigenvalue weighted by Crippen LogP contribution is -2.39. The van der Waals surface area contributed by atoms with Gasteiger partial charge in [0, 0.05) is 12.8 Å². The maximum Gasteiger partial charge on any atom is 0.175 e. The van der Waals surface area contributed by atoms with Gasteiger partial charge in [0.05, 0.1) is 4.90 Å². The number of nitrogens with one attached hydrogen (secondary N) is 1. The third-order valence-corrected chi connectivity index (χ3v) is 6.57. The Balaban J connectivity index is 1.50. The Morgan fingerprint density at radius 3 is 2.13 bits per heavy atom. The Labute approximate surface area is 140 Å². The Bertz CT molecular complexity index is 598. The molecular formula is C18H28N2O2S. The minimum absolute atomic E-state index is 0.408. The molecule has 0 spiro atoms. The molecule has 0 amide bonds. The molecule has 128 valence electrons. The van der Waals surface area contributed by atoms with E-state index in [0.717, 1.165) is 18.4 Å². The Hall–Kier alpha value is -0.910. The third-order valence-electron chi connectivity index (χ3n) is 5.44. The zero-order valence-electron chi connectivity index (χ0n) is 14.0. The van der Waals surface area contributed by atoms with Crippen molar-refractivity contribution in [3.05, 3.63) is 29.8 Å². The van der Waals surface area contributed by atoms with Crippen molar-refractivity contribution in [2.45, 2.75) is 37.1 Å². The van der Waals surface area contributed by atoms with Crippen LogP contribution in [0.15, 0.2) is 29.2 Å². The number of hydrogen-bond acceptors (Lipinski definition) is 4. The Kier molecular flexibility index (Phi) is 5.39. The van der Waals surface area contributed by atoms with E-state index in [0.29, 0.717) is 4.90 Å². The zero-order valence-corrected chi connectivity index (χ0v) is 14.8. The number of sulfone groups is 1. The van der Waals surface area contributed by atoms with Gasteiger partial charge in [-0.1, -0.05) is 12.1 Å². The molecule has 2 aliphatic heterocycles. The van der Waals surface area contributed by atoms with E-state index in [1.807, 2.05) is 12.1 Å². The molecule has 2 fully saturated rings. The van der Waals surface area contributed by atoms with Gasteiger partial charge >= 0.3 is 0 Å². The average Bonchev–Trinajstić information content (AvgIpc) is 2.56. The highest BCUT2D eigenvalue weighted by molar-refractivity contribution is 7.90. The minimum atomic E-state index is -3.09. The summed E-state index contributed by atoms with van der Waals surface area (Å²) in [7, 11) is -3.09. The second-order valence-corrected chi connectivity index (χ2v) is 9.13. The monoisotopic (exact) mass is 336 g/mol. The fourth-order valence-corrected chi connectivity index (χ4v) is 4.63. The molecule has 1 aromatic rings. The largest absolute Gasteiger partial charge is 0.317 e. The van der Waals surface area contributed by atoms with Gasteiger partial charge in [0.2, 0.25) is 0 Å². The number of nitrogens with zero attached hydrogens (tertiary/aromatic N) is 1. The van der Waals surface area contributed by atoms with Crippen LogP contribution in [0, 0.1) is 11.8 Å². The smallest absolute Gasteiger partial charge is 0.175 e. The summed E-state index contributed by atoms with van der Waals surface area (Å²) in [4.78, 5) is 2.92. The Morgan fingerprint density at radius 1 is 1.00 bits per heavy atom. The first-order valence-electron chi connectivity index (χ1n) is 8.74. The first-order valence-corrected chi connectivity index (χ1v) is 10.6. The average molecular weight is 337 g/mol. The molecule has 2 aliphatic rings. The van der Waals surface area contributed by atoms with Gasteiger partial charge in [0.15, 0.2) is 9.84 Å². The molecule has 0 aromatic heterocycles. The summed E-state index contributed by atoms with van der Waals surface area (Å²) in [5, 5.41) is 3.46. The molecule has 0 aliphatic carbocycles. The van der Waals surface area contributed by atoms with Crippen molar-refractivity contribution in [1.29, 1.82) is 0 Å². The SMILES string of the molecule is CS(=O)(=O)c1ccc(CN2CCC(C3CCNCC3)CC2)cc1. The highest BCUT2D eigenvalue weighted by Crippen LogP contribution is 2.31. The highest BCUT2D eigenvalue weighted by atomic mass is 32.2. The minimum Gasteiger partial charge on any atom is -0.317 e. The molecule has 2 heterocycles. The fraction of sp³-hybridized carbons (Fsp3) is 0.667. The molecule has 3 rings (SSSR count). The maximum absolute atomic E-state index is 11.5. The number of piperidine rings is 2. The van der Waals surface area contributed by atoms with Crippen LogP contribution in [0.5, 0.6) is 0 Å². The molecule has 1 aromatic carbocycles. The third kappa shape index (κ3) is 4.55. The molecule has 4 nitrogen and oxygen atoms in total. The standard InChI is InChI=1S/C18H28N2O2S/c1-23(21,22)18-4-2-15(3-5-18)14-20-12-8-17(9-13-20)16-6-10-19-11-7-16/h2-5,16-17,19H,6-14H2,1H3. The van der Waals surface area contributed by atoms with Gasteiger partial charge < -0.3 is 5.32 Å². The predicted molar refractivity (Wildman–Crippen MR) is 93.1 cm³/mol. The van der Waals surface area contributed by atoms with Gasteiger partial charge in [-0.25, -0.2) is 8.42 Å². The van der Waals surface area contributed by atoms with Gasteiger partial charge in [-0.3, -0.25) is 4.90 Å². The quantitative estimate of drug-likeness (QED) is 0.917. The second-order valence-electron chi connectivity index (χ2n) is 7.12. The van der Waals surface area contributed by atoms with Crippen molar-refractivity contribution in [2.24, 2.45) is 11.8 Å². The molecule has 0 bridgehead atoms. The van der Waals surface area contributed by atoms with E-state index in [9.17, 15) is 8.42 Å². The van der Waals surface area contributed by atoms with Gasteiger partial charge in [0.1, 0.15) is 0 Å². The van der Waals surface area contributed by atoms with E-state index in [4.69, 9.17) is 0 Å². The van der Waals surface area contributed by atoms with Crippen LogP contribution in [-0.4, -0.2) is 45.8 Å². The lowest BCUT2D eigenvalue weighted by Gasteiger charge is -2.37. The van der Waals surface area contributed by atoms with Crippen molar-refractivity contribution < 1.29 is 8.42 Å². The number of rotatable bonds is 4. The lowest BCUT2D eigenvalue weighted by molar-refractivity contribution is 0.126. The first kappa shape index (κ1) is 16.9. The summed E-state index contributed by atoms with van der Waals surface area (Å²) in [5.41, 5.74) is 1.21. The van der Waals surface area contributed by atoms with Crippen LogP contribution in [0.2, 0.25) is 0 Å².